The van der Waals surface area contributed by atoms with E-state index in [-0.39, 0.29) is 5.60 Å². The lowest BCUT2D eigenvalue weighted by atomic mass is 9.89. The Balaban J connectivity index is 1.45. The first-order chi connectivity index (χ1) is 9.73. The van der Waals surface area contributed by atoms with Crippen LogP contribution in [0.2, 0.25) is 0 Å². The monoisotopic (exact) mass is 273 g/mol. The highest BCUT2D eigenvalue weighted by Gasteiger charge is 2.34. The molecule has 2 aliphatic rings. The van der Waals surface area contributed by atoms with E-state index in [1.807, 2.05) is 0 Å². The Kier molecular flexibility index (Phi) is 4.42. The maximum Gasteiger partial charge on any atom is 0.0774 e. The van der Waals surface area contributed by atoms with Gasteiger partial charge in [0.25, 0.3) is 0 Å². The summed E-state index contributed by atoms with van der Waals surface area (Å²) in [7, 11) is 0. The zero-order chi connectivity index (χ0) is 13.8. The van der Waals surface area contributed by atoms with Crippen LogP contribution >= 0.6 is 0 Å². The Morgan fingerprint density at radius 2 is 1.70 bits per heavy atom. The molecule has 1 saturated heterocycles. The number of nitrogens with zero attached hydrogens (tertiary/aromatic N) is 1. The van der Waals surface area contributed by atoms with Crippen molar-refractivity contribution in [3.63, 3.8) is 0 Å². The van der Waals surface area contributed by atoms with Gasteiger partial charge in [-0.15, -0.1) is 0 Å². The second-order valence-corrected chi connectivity index (χ2v) is 6.84. The van der Waals surface area contributed by atoms with Crippen molar-refractivity contribution in [3.8, 4) is 0 Å². The molecule has 20 heavy (non-hydrogen) atoms. The minimum Gasteiger partial charge on any atom is -0.389 e. The highest BCUT2D eigenvalue weighted by Crippen LogP contribution is 2.31. The third-order valence-electron chi connectivity index (χ3n) is 5.13. The summed E-state index contributed by atoms with van der Waals surface area (Å²) in [4.78, 5) is 2.49. The van der Waals surface area contributed by atoms with Crippen LogP contribution in [0.15, 0.2) is 30.3 Å². The van der Waals surface area contributed by atoms with Crippen LogP contribution in [0, 0.1) is 5.92 Å². The molecular weight excluding hydrogens is 246 g/mol. The lowest BCUT2D eigenvalue weighted by Gasteiger charge is -2.36. The molecule has 1 aromatic carbocycles. The van der Waals surface area contributed by atoms with Gasteiger partial charge in [-0.1, -0.05) is 43.2 Å². The Morgan fingerprint density at radius 3 is 2.35 bits per heavy atom. The number of hydrogen-bond donors (Lipinski definition) is 1. The molecule has 0 unspecified atom stereocenters. The quantitative estimate of drug-likeness (QED) is 0.910. The van der Waals surface area contributed by atoms with Gasteiger partial charge in [-0.3, -0.25) is 0 Å². The second-order valence-electron chi connectivity index (χ2n) is 6.84. The number of rotatable bonds is 4. The molecule has 0 atom stereocenters. The molecule has 2 fully saturated rings. The highest BCUT2D eigenvalue weighted by atomic mass is 16.3. The molecule has 1 heterocycles. The standard InChI is InChI=1S/C18H27NO/c20-18(10-4-5-11-18)15-19-12-8-17(9-13-19)14-16-6-2-1-3-7-16/h1-3,6-7,17,20H,4-5,8-15H2. The molecule has 2 heteroatoms. The van der Waals surface area contributed by atoms with Gasteiger partial charge in [0.15, 0.2) is 0 Å². The van der Waals surface area contributed by atoms with Crippen molar-refractivity contribution in [1.29, 1.82) is 0 Å². The molecule has 2 nitrogen and oxygen atoms in total. The molecule has 0 aromatic heterocycles. The summed E-state index contributed by atoms with van der Waals surface area (Å²) in [5.41, 5.74) is 1.10. The van der Waals surface area contributed by atoms with Gasteiger partial charge in [-0.05, 0) is 56.7 Å². The molecule has 0 radical (unpaired) electrons. The summed E-state index contributed by atoms with van der Waals surface area (Å²) in [5.74, 6) is 0.826. The van der Waals surface area contributed by atoms with Crippen molar-refractivity contribution < 1.29 is 5.11 Å². The molecule has 110 valence electrons. The van der Waals surface area contributed by atoms with E-state index < -0.39 is 0 Å². The van der Waals surface area contributed by atoms with E-state index in [4.69, 9.17) is 0 Å². The number of hydrogen-bond acceptors (Lipinski definition) is 2. The molecule has 1 N–H and O–H groups in total. The van der Waals surface area contributed by atoms with Crippen molar-refractivity contribution in [2.75, 3.05) is 19.6 Å². The molecule has 1 aliphatic carbocycles. The van der Waals surface area contributed by atoms with E-state index in [0.29, 0.717) is 0 Å². The van der Waals surface area contributed by atoms with Gasteiger partial charge in [0.1, 0.15) is 0 Å². The third kappa shape index (κ3) is 3.62. The predicted molar refractivity (Wildman–Crippen MR) is 82.7 cm³/mol. The summed E-state index contributed by atoms with van der Waals surface area (Å²) in [6.07, 6.45) is 8.23. The summed E-state index contributed by atoms with van der Waals surface area (Å²) < 4.78 is 0. The summed E-state index contributed by atoms with van der Waals surface area (Å²) in [6.45, 7) is 3.24. The summed E-state index contributed by atoms with van der Waals surface area (Å²) in [6, 6.07) is 10.9. The van der Waals surface area contributed by atoms with Crippen molar-refractivity contribution >= 4 is 0 Å². The van der Waals surface area contributed by atoms with Crippen LogP contribution in [0.5, 0.6) is 0 Å². The van der Waals surface area contributed by atoms with Crippen LogP contribution in [-0.2, 0) is 6.42 Å². The van der Waals surface area contributed by atoms with E-state index in [1.165, 1.54) is 50.8 Å². The van der Waals surface area contributed by atoms with E-state index in [9.17, 15) is 5.11 Å². The topological polar surface area (TPSA) is 23.5 Å². The number of aliphatic hydroxyl groups is 1. The molecule has 0 spiro atoms. The SMILES string of the molecule is OC1(CN2CCC(Cc3ccccc3)CC2)CCCC1. The smallest absolute Gasteiger partial charge is 0.0774 e. The maximum atomic E-state index is 10.5. The van der Waals surface area contributed by atoms with Crippen molar-refractivity contribution in [3.05, 3.63) is 35.9 Å². The van der Waals surface area contributed by atoms with E-state index in [0.717, 1.165) is 25.3 Å². The molecule has 1 aromatic rings. The first-order valence-corrected chi connectivity index (χ1v) is 8.22. The fourth-order valence-electron chi connectivity index (χ4n) is 3.90. The minimum atomic E-state index is -0.369. The van der Waals surface area contributed by atoms with Crippen LogP contribution in [0.3, 0.4) is 0 Å². The predicted octanol–water partition coefficient (Wildman–Crippen LogP) is 3.25. The van der Waals surface area contributed by atoms with Gasteiger partial charge in [0, 0.05) is 6.54 Å². The molecule has 1 aliphatic heterocycles. The van der Waals surface area contributed by atoms with Crippen molar-refractivity contribution in [1.82, 2.24) is 4.90 Å². The Bertz CT molecular complexity index is 403. The lowest BCUT2D eigenvalue weighted by Crippen LogP contribution is -2.44. The number of benzene rings is 1. The summed E-state index contributed by atoms with van der Waals surface area (Å²) in [5, 5.41) is 10.5. The zero-order valence-corrected chi connectivity index (χ0v) is 12.4. The van der Waals surface area contributed by atoms with Gasteiger partial charge in [0.05, 0.1) is 5.60 Å². The van der Waals surface area contributed by atoms with E-state index in [1.54, 1.807) is 0 Å². The van der Waals surface area contributed by atoms with Gasteiger partial charge in [-0.25, -0.2) is 0 Å². The first-order valence-electron chi connectivity index (χ1n) is 8.22. The van der Waals surface area contributed by atoms with Crippen LogP contribution in [0.4, 0.5) is 0 Å². The molecule has 0 amide bonds. The van der Waals surface area contributed by atoms with Crippen LogP contribution in [0.25, 0.3) is 0 Å². The largest absolute Gasteiger partial charge is 0.389 e. The fourth-order valence-corrected chi connectivity index (χ4v) is 3.90. The van der Waals surface area contributed by atoms with Crippen LogP contribution < -0.4 is 0 Å². The molecule has 0 bridgehead atoms. The molecular formula is C18H27NO. The highest BCUT2D eigenvalue weighted by molar-refractivity contribution is 5.15. The van der Waals surface area contributed by atoms with E-state index >= 15 is 0 Å². The fraction of sp³-hybridized carbons (Fsp3) is 0.667. The van der Waals surface area contributed by atoms with Crippen LogP contribution in [-0.4, -0.2) is 35.2 Å². The van der Waals surface area contributed by atoms with Gasteiger partial charge >= 0.3 is 0 Å². The Labute approximate surface area is 122 Å². The number of piperidine rings is 1. The van der Waals surface area contributed by atoms with Crippen LogP contribution in [0.1, 0.15) is 44.1 Å². The van der Waals surface area contributed by atoms with Gasteiger partial charge < -0.3 is 10.0 Å². The zero-order valence-electron chi connectivity index (χ0n) is 12.4. The second kappa shape index (κ2) is 6.28. The van der Waals surface area contributed by atoms with E-state index in [2.05, 4.69) is 35.2 Å². The molecule has 1 saturated carbocycles. The Hall–Kier alpha value is -0.860. The van der Waals surface area contributed by atoms with Gasteiger partial charge in [-0.2, -0.15) is 0 Å². The number of likely N-dealkylation sites (tertiary alicyclic amines) is 1. The van der Waals surface area contributed by atoms with Crippen molar-refractivity contribution in [2.45, 2.75) is 50.5 Å². The minimum absolute atomic E-state index is 0.369. The lowest BCUT2D eigenvalue weighted by molar-refractivity contribution is 0.000188. The summed E-state index contributed by atoms with van der Waals surface area (Å²) >= 11 is 0. The van der Waals surface area contributed by atoms with Crippen molar-refractivity contribution in [2.24, 2.45) is 5.92 Å². The average molecular weight is 273 g/mol. The third-order valence-corrected chi connectivity index (χ3v) is 5.13. The average Bonchev–Trinajstić information content (AvgIpc) is 2.89. The Morgan fingerprint density at radius 1 is 1.05 bits per heavy atom. The first kappa shape index (κ1) is 14.1. The number of β-amino-alcohol motifs (C(OH)–C–C–N with tert-alkyl or cyclic N) is 1. The maximum absolute atomic E-state index is 10.5. The van der Waals surface area contributed by atoms with Gasteiger partial charge in [0.2, 0.25) is 0 Å². The molecule has 3 rings (SSSR count). The normalized spacial score (nSPS) is 24.1.